The summed E-state index contributed by atoms with van der Waals surface area (Å²) in [7, 11) is 0. The Hall–Kier alpha value is -0.820. The van der Waals surface area contributed by atoms with Crippen LogP contribution < -0.4 is 5.73 Å². The molecule has 1 unspecified atom stereocenters. The molecule has 1 aromatic rings. The highest BCUT2D eigenvalue weighted by Gasteiger charge is 2.39. The zero-order chi connectivity index (χ0) is 10.2. The molecule has 1 atom stereocenters. The van der Waals surface area contributed by atoms with Gasteiger partial charge in [0.05, 0.1) is 0 Å². The second-order valence-corrected chi connectivity index (χ2v) is 4.67. The summed E-state index contributed by atoms with van der Waals surface area (Å²) >= 11 is 0. The van der Waals surface area contributed by atoms with Crippen LogP contribution in [0.3, 0.4) is 0 Å². The third-order valence-electron chi connectivity index (χ3n) is 3.86. The lowest BCUT2D eigenvalue weighted by Crippen LogP contribution is -2.37. The van der Waals surface area contributed by atoms with E-state index in [0.29, 0.717) is 5.92 Å². The lowest BCUT2D eigenvalue weighted by molar-refractivity contribution is 0.314. The van der Waals surface area contributed by atoms with Gasteiger partial charge in [-0.05, 0) is 29.9 Å². The Morgan fingerprint density at radius 1 is 1.36 bits per heavy atom. The number of hydrogen-bond donors (Lipinski definition) is 1. The van der Waals surface area contributed by atoms with Gasteiger partial charge in [-0.25, -0.2) is 0 Å². The van der Waals surface area contributed by atoms with Crippen molar-refractivity contribution in [3.05, 3.63) is 35.4 Å². The molecule has 1 heteroatoms. The maximum absolute atomic E-state index is 5.98. The van der Waals surface area contributed by atoms with Crippen molar-refractivity contribution in [1.82, 2.24) is 0 Å². The van der Waals surface area contributed by atoms with Gasteiger partial charge in [-0.15, -0.1) is 0 Å². The van der Waals surface area contributed by atoms with Crippen molar-refractivity contribution in [2.45, 2.75) is 32.1 Å². The van der Waals surface area contributed by atoms with E-state index in [1.54, 1.807) is 0 Å². The first-order valence-electron chi connectivity index (χ1n) is 5.49. The minimum atomic E-state index is 0.247. The van der Waals surface area contributed by atoms with Crippen LogP contribution in [0.2, 0.25) is 0 Å². The summed E-state index contributed by atoms with van der Waals surface area (Å²) < 4.78 is 0. The van der Waals surface area contributed by atoms with Gasteiger partial charge in [0.2, 0.25) is 0 Å². The van der Waals surface area contributed by atoms with Crippen LogP contribution in [-0.4, -0.2) is 6.54 Å². The third kappa shape index (κ3) is 1.19. The van der Waals surface area contributed by atoms with E-state index in [1.165, 1.54) is 24.0 Å². The fourth-order valence-corrected chi connectivity index (χ4v) is 2.76. The molecule has 0 amide bonds. The quantitative estimate of drug-likeness (QED) is 0.760. The maximum atomic E-state index is 5.98. The fourth-order valence-electron chi connectivity index (χ4n) is 2.76. The summed E-state index contributed by atoms with van der Waals surface area (Å²) in [4.78, 5) is 0. The molecule has 1 aromatic carbocycles. The highest BCUT2D eigenvalue weighted by Crippen LogP contribution is 2.43. The van der Waals surface area contributed by atoms with Gasteiger partial charge in [0.25, 0.3) is 0 Å². The summed E-state index contributed by atoms with van der Waals surface area (Å²) in [5.74, 6) is 0.635. The van der Waals surface area contributed by atoms with Gasteiger partial charge < -0.3 is 5.73 Å². The highest BCUT2D eigenvalue weighted by molar-refractivity contribution is 5.40. The number of nitrogens with two attached hydrogens (primary N) is 1. The molecule has 0 saturated carbocycles. The van der Waals surface area contributed by atoms with Gasteiger partial charge in [0.1, 0.15) is 0 Å². The average molecular weight is 189 g/mol. The first-order chi connectivity index (χ1) is 6.70. The second kappa shape index (κ2) is 3.39. The summed E-state index contributed by atoms with van der Waals surface area (Å²) in [6.45, 7) is 5.35. The second-order valence-electron chi connectivity index (χ2n) is 4.67. The van der Waals surface area contributed by atoms with Crippen LogP contribution in [0, 0.1) is 5.92 Å². The summed E-state index contributed by atoms with van der Waals surface area (Å²) in [5, 5.41) is 0. The van der Waals surface area contributed by atoms with Crippen LogP contribution in [-0.2, 0) is 11.8 Å². The monoisotopic (exact) mass is 189 g/mol. The molecule has 0 aromatic heterocycles. The molecule has 14 heavy (non-hydrogen) atoms. The van der Waals surface area contributed by atoms with E-state index in [4.69, 9.17) is 5.73 Å². The molecule has 76 valence electrons. The number of benzene rings is 1. The standard InChI is InChI=1S/C13H19N/c1-10(2)13(9-14)8-7-11-5-3-4-6-12(11)13/h3-6,10H,7-9,14H2,1-2H3. The van der Waals surface area contributed by atoms with Crippen LogP contribution in [0.15, 0.2) is 24.3 Å². The van der Waals surface area contributed by atoms with Crippen LogP contribution in [0.4, 0.5) is 0 Å². The average Bonchev–Trinajstić information content (AvgIpc) is 2.57. The van der Waals surface area contributed by atoms with Crippen LogP contribution in [0.25, 0.3) is 0 Å². The molecule has 1 nitrogen and oxygen atoms in total. The molecule has 0 radical (unpaired) electrons. The van der Waals surface area contributed by atoms with E-state index < -0.39 is 0 Å². The highest BCUT2D eigenvalue weighted by atomic mass is 14.6. The molecule has 1 aliphatic rings. The lowest BCUT2D eigenvalue weighted by atomic mass is 9.73. The molecule has 2 N–H and O–H groups in total. The molecule has 0 spiro atoms. The number of hydrogen-bond acceptors (Lipinski definition) is 1. The predicted molar refractivity (Wildman–Crippen MR) is 60.3 cm³/mol. The minimum absolute atomic E-state index is 0.247. The van der Waals surface area contributed by atoms with E-state index in [0.717, 1.165) is 6.54 Å². The van der Waals surface area contributed by atoms with E-state index in [9.17, 15) is 0 Å². The van der Waals surface area contributed by atoms with Gasteiger partial charge in [-0.3, -0.25) is 0 Å². The fraction of sp³-hybridized carbons (Fsp3) is 0.538. The van der Waals surface area contributed by atoms with E-state index in [2.05, 4.69) is 38.1 Å². The maximum Gasteiger partial charge on any atom is 0.0104 e. The van der Waals surface area contributed by atoms with Gasteiger partial charge in [-0.1, -0.05) is 38.1 Å². The Kier molecular flexibility index (Phi) is 2.36. The molecule has 0 bridgehead atoms. The van der Waals surface area contributed by atoms with Gasteiger partial charge in [-0.2, -0.15) is 0 Å². The normalized spacial score (nSPS) is 25.4. The zero-order valence-corrected chi connectivity index (χ0v) is 9.09. The van der Waals surface area contributed by atoms with Crippen LogP contribution in [0.5, 0.6) is 0 Å². The number of aryl methyl sites for hydroxylation is 1. The van der Waals surface area contributed by atoms with Gasteiger partial charge in [0, 0.05) is 12.0 Å². The van der Waals surface area contributed by atoms with Crippen LogP contribution >= 0.6 is 0 Å². The minimum Gasteiger partial charge on any atom is -0.330 e. The topological polar surface area (TPSA) is 26.0 Å². The molecular weight excluding hydrogens is 170 g/mol. The summed E-state index contributed by atoms with van der Waals surface area (Å²) in [6.07, 6.45) is 2.42. The Morgan fingerprint density at radius 2 is 2.07 bits per heavy atom. The summed E-state index contributed by atoms with van der Waals surface area (Å²) in [5.41, 5.74) is 9.24. The summed E-state index contributed by atoms with van der Waals surface area (Å²) in [6, 6.07) is 8.77. The zero-order valence-electron chi connectivity index (χ0n) is 9.09. The Labute approximate surface area is 86.3 Å². The SMILES string of the molecule is CC(C)C1(CN)CCc2ccccc21. The van der Waals surface area contributed by atoms with Crippen molar-refractivity contribution in [2.24, 2.45) is 11.7 Å². The molecule has 0 heterocycles. The van der Waals surface area contributed by atoms with Crippen molar-refractivity contribution in [2.75, 3.05) is 6.54 Å². The number of fused-ring (bicyclic) bond motifs is 1. The lowest BCUT2D eigenvalue weighted by Gasteiger charge is -2.33. The van der Waals surface area contributed by atoms with E-state index in [-0.39, 0.29) is 5.41 Å². The Balaban J connectivity index is 2.50. The molecule has 0 aliphatic heterocycles. The largest absolute Gasteiger partial charge is 0.330 e. The first-order valence-corrected chi connectivity index (χ1v) is 5.49. The molecule has 0 saturated heterocycles. The molecule has 1 aliphatic carbocycles. The van der Waals surface area contributed by atoms with Crippen LogP contribution in [0.1, 0.15) is 31.4 Å². The number of rotatable bonds is 2. The van der Waals surface area contributed by atoms with Crippen molar-refractivity contribution in [3.8, 4) is 0 Å². The van der Waals surface area contributed by atoms with Gasteiger partial charge >= 0.3 is 0 Å². The third-order valence-corrected chi connectivity index (χ3v) is 3.86. The van der Waals surface area contributed by atoms with Crippen molar-refractivity contribution >= 4 is 0 Å². The van der Waals surface area contributed by atoms with Gasteiger partial charge in [0.15, 0.2) is 0 Å². The van der Waals surface area contributed by atoms with Crippen molar-refractivity contribution in [3.63, 3.8) is 0 Å². The first kappa shape index (κ1) is 9.72. The Morgan fingerprint density at radius 3 is 2.71 bits per heavy atom. The van der Waals surface area contributed by atoms with Crippen molar-refractivity contribution < 1.29 is 0 Å². The molecular formula is C13H19N. The van der Waals surface area contributed by atoms with Crippen molar-refractivity contribution in [1.29, 1.82) is 0 Å². The van der Waals surface area contributed by atoms with E-state index in [1.807, 2.05) is 0 Å². The molecule has 2 rings (SSSR count). The molecule has 0 fully saturated rings. The smallest absolute Gasteiger partial charge is 0.0104 e. The Bertz CT molecular complexity index is 330. The van der Waals surface area contributed by atoms with E-state index >= 15 is 0 Å². The predicted octanol–water partition coefficient (Wildman–Crippen LogP) is 2.49.